The molecule has 1 amide bonds. The second-order valence-corrected chi connectivity index (χ2v) is 5.57. The van der Waals surface area contributed by atoms with E-state index in [1.807, 2.05) is 25.1 Å². The summed E-state index contributed by atoms with van der Waals surface area (Å²) in [5.74, 6) is -0.910. The summed E-state index contributed by atoms with van der Waals surface area (Å²) in [5.41, 5.74) is 1.20. The fraction of sp³-hybridized carbons (Fsp3) is 0.500. The van der Waals surface area contributed by atoms with E-state index in [0.29, 0.717) is 6.54 Å². The molecular formula is C16H22N2O3. The van der Waals surface area contributed by atoms with Gasteiger partial charge in [-0.15, -0.1) is 0 Å². The van der Waals surface area contributed by atoms with Crippen molar-refractivity contribution < 1.29 is 14.7 Å². The molecule has 1 fully saturated rings. The molecule has 21 heavy (non-hydrogen) atoms. The Morgan fingerprint density at radius 1 is 1.24 bits per heavy atom. The van der Waals surface area contributed by atoms with Crippen LogP contribution < -0.4 is 0 Å². The van der Waals surface area contributed by atoms with Crippen molar-refractivity contribution in [1.82, 2.24) is 9.80 Å². The predicted octanol–water partition coefficient (Wildman–Crippen LogP) is 1.58. The number of carbonyl (C=O) groups excluding carboxylic acids is 1. The van der Waals surface area contributed by atoms with E-state index < -0.39 is 5.97 Å². The van der Waals surface area contributed by atoms with E-state index in [1.165, 1.54) is 12.5 Å². The van der Waals surface area contributed by atoms with Crippen molar-refractivity contribution >= 4 is 11.9 Å². The second-order valence-electron chi connectivity index (χ2n) is 5.57. The topological polar surface area (TPSA) is 60.9 Å². The van der Waals surface area contributed by atoms with Gasteiger partial charge in [0.05, 0.1) is 12.5 Å². The molecule has 0 saturated carbocycles. The molecule has 1 aliphatic rings. The fourth-order valence-corrected chi connectivity index (χ4v) is 3.00. The van der Waals surface area contributed by atoms with Gasteiger partial charge in [0.2, 0.25) is 5.91 Å². The average Bonchev–Trinajstić information content (AvgIpc) is 2.43. The van der Waals surface area contributed by atoms with Gasteiger partial charge in [0, 0.05) is 32.6 Å². The van der Waals surface area contributed by atoms with Crippen LogP contribution in [0.1, 0.15) is 25.8 Å². The zero-order valence-corrected chi connectivity index (χ0v) is 12.5. The van der Waals surface area contributed by atoms with E-state index in [2.05, 4.69) is 17.0 Å². The second kappa shape index (κ2) is 6.72. The first-order chi connectivity index (χ1) is 9.99. The molecule has 0 unspecified atom stereocenters. The molecular weight excluding hydrogens is 268 g/mol. The summed E-state index contributed by atoms with van der Waals surface area (Å²) in [6.07, 6.45) is -0.00790. The number of aliphatic carboxylic acids is 1. The van der Waals surface area contributed by atoms with Crippen molar-refractivity contribution in [2.45, 2.75) is 38.9 Å². The molecule has 1 aliphatic heterocycles. The van der Waals surface area contributed by atoms with Crippen LogP contribution in [0.3, 0.4) is 0 Å². The Hall–Kier alpha value is -1.88. The van der Waals surface area contributed by atoms with Crippen LogP contribution in [-0.2, 0) is 16.1 Å². The normalized spacial score (nSPS) is 23.0. The minimum atomic E-state index is -0.861. The van der Waals surface area contributed by atoms with Crippen molar-refractivity contribution in [1.29, 1.82) is 0 Å². The number of carbonyl (C=O) groups is 2. The monoisotopic (exact) mass is 290 g/mol. The number of benzene rings is 1. The van der Waals surface area contributed by atoms with Gasteiger partial charge in [-0.25, -0.2) is 0 Å². The van der Waals surface area contributed by atoms with Crippen molar-refractivity contribution in [3.8, 4) is 0 Å². The molecule has 1 aromatic rings. The molecule has 1 N–H and O–H groups in total. The van der Waals surface area contributed by atoms with Gasteiger partial charge in [-0.05, 0) is 12.5 Å². The van der Waals surface area contributed by atoms with Gasteiger partial charge >= 0.3 is 5.97 Å². The van der Waals surface area contributed by atoms with E-state index in [9.17, 15) is 9.59 Å². The summed E-state index contributed by atoms with van der Waals surface area (Å²) in [6, 6.07) is 9.87. The Balaban J connectivity index is 2.12. The summed E-state index contributed by atoms with van der Waals surface area (Å²) in [7, 11) is 0. The van der Waals surface area contributed by atoms with Crippen LogP contribution in [0, 0.1) is 0 Å². The minimum absolute atomic E-state index is 0.00790. The first kappa shape index (κ1) is 15.5. The summed E-state index contributed by atoms with van der Waals surface area (Å²) in [5, 5.41) is 9.10. The SMILES string of the molecule is CC(=O)N1CCN(Cc2ccccc2)[C@H](C)[C@@H]1CC(=O)O. The number of amides is 1. The third-order valence-electron chi connectivity index (χ3n) is 4.18. The van der Waals surface area contributed by atoms with Crippen LogP contribution in [0.2, 0.25) is 0 Å². The molecule has 5 heteroatoms. The highest BCUT2D eigenvalue weighted by Crippen LogP contribution is 2.22. The van der Waals surface area contributed by atoms with Crippen molar-refractivity contribution in [3.05, 3.63) is 35.9 Å². The molecule has 0 aromatic heterocycles. The molecule has 2 atom stereocenters. The third-order valence-corrected chi connectivity index (χ3v) is 4.18. The first-order valence-corrected chi connectivity index (χ1v) is 7.26. The van der Waals surface area contributed by atoms with Gasteiger partial charge in [-0.2, -0.15) is 0 Å². The van der Waals surface area contributed by atoms with Crippen LogP contribution in [-0.4, -0.2) is 52.0 Å². The molecule has 0 radical (unpaired) electrons. The maximum Gasteiger partial charge on any atom is 0.305 e. The largest absolute Gasteiger partial charge is 0.481 e. The number of nitrogens with zero attached hydrogens (tertiary/aromatic N) is 2. The molecule has 0 spiro atoms. The van der Waals surface area contributed by atoms with E-state index in [1.54, 1.807) is 4.90 Å². The minimum Gasteiger partial charge on any atom is -0.481 e. The number of carboxylic acids is 1. The standard InChI is InChI=1S/C16H22N2O3/c1-12-15(10-16(20)21)18(13(2)19)9-8-17(12)11-14-6-4-3-5-7-14/h3-7,12,15H,8-11H2,1-2H3,(H,20,21)/t12-,15+/m1/s1. The Morgan fingerprint density at radius 3 is 2.48 bits per heavy atom. The molecule has 1 saturated heterocycles. The van der Waals surface area contributed by atoms with Crippen molar-refractivity contribution in [3.63, 3.8) is 0 Å². The fourth-order valence-electron chi connectivity index (χ4n) is 3.00. The van der Waals surface area contributed by atoms with Crippen molar-refractivity contribution in [2.24, 2.45) is 0 Å². The summed E-state index contributed by atoms with van der Waals surface area (Å²) in [4.78, 5) is 26.8. The predicted molar refractivity (Wildman–Crippen MR) is 79.7 cm³/mol. The van der Waals surface area contributed by atoms with E-state index in [-0.39, 0.29) is 24.4 Å². The van der Waals surface area contributed by atoms with Gasteiger partial charge < -0.3 is 10.0 Å². The number of hydrogen-bond acceptors (Lipinski definition) is 3. The summed E-state index contributed by atoms with van der Waals surface area (Å²) < 4.78 is 0. The molecule has 0 bridgehead atoms. The van der Waals surface area contributed by atoms with Gasteiger partial charge in [-0.1, -0.05) is 30.3 Å². The summed E-state index contributed by atoms with van der Waals surface area (Å²) >= 11 is 0. The van der Waals surface area contributed by atoms with Crippen LogP contribution in [0.15, 0.2) is 30.3 Å². The number of hydrogen-bond donors (Lipinski definition) is 1. The third kappa shape index (κ3) is 3.82. The highest BCUT2D eigenvalue weighted by atomic mass is 16.4. The van der Waals surface area contributed by atoms with Gasteiger partial charge in [0.1, 0.15) is 0 Å². The highest BCUT2D eigenvalue weighted by molar-refractivity contribution is 5.75. The molecule has 2 rings (SSSR count). The Morgan fingerprint density at radius 2 is 1.90 bits per heavy atom. The Bertz CT molecular complexity index is 504. The number of rotatable bonds is 4. The molecule has 114 valence electrons. The maximum absolute atomic E-state index is 11.7. The molecule has 1 aromatic carbocycles. The van der Waals surface area contributed by atoms with Crippen LogP contribution >= 0.6 is 0 Å². The van der Waals surface area contributed by atoms with Crippen LogP contribution in [0.5, 0.6) is 0 Å². The quantitative estimate of drug-likeness (QED) is 0.914. The van der Waals surface area contributed by atoms with Gasteiger partial charge in [-0.3, -0.25) is 14.5 Å². The average molecular weight is 290 g/mol. The van der Waals surface area contributed by atoms with Crippen LogP contribution in [0.4, 0.5) is 0 Å². The number of piperazine rings is 1. The molecule has 0 aliphatic carbocycles. The first-order valence-electron chi connectivity index (χ1n) is 7.26. The van der Waals surface area contributed by atoms with Gasteiger partial charge in [0.25, 0.3) is 0 Å². The smallest absolute Gasteiger partial charge is 0.305 e. The molecule has 1 heterocycles. The van der Waals surface area contributed by atoms with Crippen molar-refractivity contribution in [2.75, 3.05) is 13.1 Å². The molecule has 5 nitrogen and oxygen atoms in total. The van der Waals surface area contributed by atoms with E-state index in [0.717, 1.165) is 13.1 Å². The lowest BCUT2D eigenvalue weighted by molar-refractivity contribution is -0.144. The lowest BCUT2D eigenvalue weighted by Gasteiger charge is -2.45. The van der Waals surface area contributed by atoms with Gasteiger partial charge in [0.15, 0.2) is 0 Å². The number of carboxylic acid groups (broad SMARTS) is 1. The zero-order valence-electron chi connectivity index (χ0n) is 12.5. The van der Waals surface area contributed by atoms with E-state index >= 15 is 0 Å². The zero-order chi connectivity index (χ0) is 15.4. The lowest BCUT2D eigenvalue weighted by Crippen LogP contribution is -2.59. The Kier molecular flexibility index (Phi) is 4.96. The summed E-state index contributed by atoms with van der Waals surface area (Å²) in [6.45, 7) is 5.65. The maximum atomic E-state index is 11.7. The Labute approximate surface area is 125 Å². The van der Waals surface area contributed by atoms with Crippen LogP contribution in [0.25, 0.3) is 0 Å². The highest BCUT2D eigenvalue weighted by Gasteiger charge is 2.36. The van der Waals surface area contributed by atoms with E-state index in [4.69, 9.17) is 5.11 Å². The lowest BCUT2D eigenvalue weighted by atomic mass is 9.98.